The number of nitrogens with one attached hydrogen (secondary N) is 1. The number of benzene rings is 1. The lowest BCUT2D eigenvalue weighted by atomic mass is 9.86. The predicted octanol–water partition coefficient (Wildman–Crippen LogP) is 3.41. The van der Waals surface area contributed by atoms with Crippen molar-refractivity contribution in [1.29, 1.82) is 0 Å². The Morgan fingerprint density at radius 2 is 2.00 bits per heavy atom. The summed E-state index contributed by atoms with van der Waals surface area (Å²) >= 11 is 0. The van der Waals surface area contributed by atoms with Gasteiger partial charge in [-0.25, -0.2) is 4.39 Å². The molecule has 0 aliphatic heterocycles. The Labute approximate surface area is 121 Å². The van der Waals surface area contributed by atoms with Gasteiger partial charge in [-0.2, -0.15) is 0 Å². The van der Waals surface area contributed by atoms with Crippen LogP contribution in [-0.4, -0.2) is 26.3 Å². The molecule has 3 heteroatoms. The zero-order valence-corrected chi connectivity index (χ0v) is 12.6. The first kappa shape index (κ1) is 15.5. The van der Waals surface area contributed by atoms with Crippen LogP contribution in [0.1, 0.15) is 31.7 Å². The quantitative estimate of drug-likeness (QED) is 0.748. The highest BCUT2D eigenvalue weighted by molar-refractivity contribution is 5.16. The lowest BCUT2D eigenvalue weighted by molar-refractivity contribution is 0.163. The molecular formula is C17H26FNO. The van der Waals surface area contributed by atoms with Crippen molar-refractivity contribution in [3.63, 3.8) is 0 Å². The molecule has 112 valence electrons. The second-order valence-electron chi connectivity index (χ2n) is 6.03. The first-order valence-corrected chi connectivity index (χ1v) is 7.65. The van der Waals surface area contributed by atoms with E-state index in [0.717, 1.165) is 32.0 Å². The number of hydrogen-bond donors (Lipinski definition) is 1. The summed E-state index contributed by atoms with van der Waals surface area (Å²) in [5.41, 5.74) is 1.22. The van der Waals surface area contributed by atoms with Crippen LogP contribution in [-0.2, 0) is 11.2 Å². The molecular weight excluding hydrogens is 253 g/mol. The van der Waals surface area contributed by atoms with E-state index in [0.29, 0.717) is 11.8 Å². The molecule has 1 fully saturated rings. The Balaban J connectivity index is 1.90. The number of rotatable bonds is 9. The SMILES string of the molecule is COCCC(C)C(CNC1CC1)Cc1ccc(F)cc1. The van der Waals surface area contributed by atoms with Crippen LogP contribution in [0.4, 0.5) is 4.39 Å². The van der Waals surface area contributed by atoms with Crippen molar-refractivity contribution < 1.29 is 9.13 Å². The molecule has 1 aliphatic rings. The summed E-state index contributed by atoms with van der Waals surface area (Å²) in [4.78, 5) is 0. The minimum absolute atomic E-state index is 0.158. The van der Waals surface area contributed by atoms with Gasteiger partial charge in [0.2, 0.25) is 0 Å². The molecule has 1 aromatic rings. The fourth-order valence-corrected chi connectivity index (χ4v) is 2.54. The van der Waals surface area contributed by atoms with E-state index in [1.165, 1.54) is 18.4 Å². The standard InChI is InChI=1S/C17H26FNO/c1-13(9-10-20-2)15(12-19-17-7-8-17)11-14-3-5-16(18)6-4-14/h3-6,13,15,17,19H,7-12H2,1-2H3. The van der Waals surface area contributed by atoms with Gasteiger partial charge in [0.25, 0.3) is 0 Å². The molecule has 0 heterocycles. The van der Waals surface area contributed by atoms with Crippen molar-refractivity contribution in [2.45, 2.75) is 38.6 Å². The van der Waals surface area contributed by atoms with E-state index in [1.54, 1.807) is 19.2 Å². The van der Waals surface area contributed by atoms with E-state index in [4.69, 9.17) is 4.74 Å². The first-order chi connectivity index (χ1) is 9.69. The molecule has 0 radical (unpaired) electrons. The Hall–Kier alpha value is -0.930. The van der Waals surface area contributed by atoms with Crippen molar-refractivity contribution in [3.05, 3.63) is 35.6 Å². The monoisotopic (exact) mass is 279 g/mol. The van der Waals surface area contributed by atoms with E-state index in [1.807, 2.05) is 12.1 Å². The Morgan fingerprint density at radius 1 is 1.30 bits per heavy atom. The summed E-state index contributed by atoms with van der Waals surface area (Å²) in [7, 11) is 1.75. The van der Waals surface area contributed by atoms with Gasteiger partial charge in [-0.1, -0.05) is 19.1 Å². The van der Waals surface area contributed by atoms with Crippen LogP contribution in [0.3, 0.4) is 0 Å². The highest BCUT2D eigenvalue weighted by Gasteiger charge is 2.24. The van der Waals surface area contributed by atoms with Crippen LogP contribution in [0.5, 0.6) is 0 Å². The van der Waals surface area contributed by atoms with E-state index < -0.39 is 0 Å². The largest absolute Gasteiger partial charge is 0.385 e. The second kappa shape index (κ2) is 7.75. The van der Waals surface area contributed by atoms with Gasteiger partial charge in [0, 0.05) is 19.8 Å². The summed E-state index contributed by atoms with van der Waals surface area (Å²) in [6.07, 6.45) is 4.71. The van der Waals surface area contributed by atoms with Gasteiger partial charge in [-0.15, -0.1) is 0 Å². The smallest absolute Gasteiger partial charge is 0.123 e. The molecule has 1 aromatic carbocycles. The summed E-state index contributed by atoms with van der Waals surface area (Å²) < 4.78 is 18.2. The van der Waals surface area contributed by atoms with Gasteiger partial charge in [-0.3, -0.25) is 0 Å². The normalized spacial score (nSPS) is 17.9. The molecule has 1 saturated carbocycles. The van der Waals surface area contributed by atoms with Crippen LogP contribution in [0.15, 0.2) is 24.3 Å². The summed E-state index contributed by atoms with van der Waals surface area (Å²) in [5.74, 6) is 1.02. The van der Waals surface area contributed by atoms with Crippen LogP contribution < -0.4 is 5.32 Å². The maximum Gasteiger partial charge on any atom is 0.123 e. The van der Waals surface area contributed by atoms with Crippen molar-refractivity contribution >= 4 is 0 Å². The minimum Gasteiger partial charge on any atom is -0.385 e. The van der Waals surface area contributed by atoms with E-state index in [2.05, 4.69) is 12.2 Å². The molecule has 2 nitrogen and oxygen atoms in total. The van der Waals surface area contributed by atoms with Crippen LogP contribution in [0.25, 0.3) is 0 Å². The summed E-state index contributed by atoms with van der Waals surface area (Å²) in [5, 5.41) is 3.63. The summed E-state index contributed by atoms with van der Waals surface area (Å²) in [6.45, 7) is 4.15. The van der Waals surface area contributed by atoms with Crippen molar-refractivity contribution in [2.24, 2.45) is 11.8 Å². The molecule has 2 unspecified atom stereocenters. The molecule has 2 atom stereocenters. The second-order valence-corrected chi connectivity index (χ2v) is 6.03. The molecule has 0 spiro atoms. The predicted molar refractivity (Wildman–Crippen MR) is 80.3 cm³/mol. The maximum atomic E-state index is 13.0. The van der Waals surface area contributed by atoms with Gasteiger partial charge >= 0.3 is 0 Å². The fraction of sp³-hybridized carbons (Fsp3) is 0.647. The highest BCUT2D eigenvalue weighted by atomic mass is 19.1. The molecule has 2 rings (SSSR count). The van der Waals surface area contributed by atoms with Crippen LogP contribution in [0, 0.1) is 17.7 Å². The van der Waals surface area contributed by atoms with Crippen molar-refractivity contribution in [3.8, 4) is 0 Å². The zero-order valence-electron chi connectivity index (χ0n) is 12.6. The van der Waals surface area contributed by atoms with E-state index >= 15 is 0 Å². The fourth-order valence-electron chi connectivity index (χ4n) is 2.54. The number of halogens is 1. The number of methoxy groups -OCH3 is 1. The average Bonchev–Trinajstić information content (AvgIpc) is 3.27. The third kappa shape index (κ3) is 5.22. The molecule has 1 N–H and O–H groups in total. The van der Waals surface area contributed by atoms with Gasteiger partial charge in [0.05, 0.1) is 0 Å². The lowest BCUT2D eigenvalue weighted by Gasteiger charge is -2.24. The van der Waals surface area contributed by atoms with Gasteiger partial charge in [0.1, 0.15) is 5.82 Å². The van der Waals surface area contributed by atoms with Crippen LogP contribution >= 0.6 is 0 Å². The van der Waals surface area contributed by atoms with Crippen molar-refractivity contribution in [2.75, 3.05) is 20.3 Å². The highest BCUT2D eigenvalue weighted by Crippen LogP contribution is 2.24. The number of hydrogen-bond acceptors (Lipinski definition) is 2. The Bertz CT molecular complexity index is 388. The first-order valence-electron chi connectivity index (χ1n) is 7.65. The average molecular weight is 279 g/mol. The van der Waals surface area contributed by atoms with Gasteiger partial charge in [0.15, 0.2) is 0 Å². The van der Waals surface area contributed by atoms with E-state index in [-0.39, 0.29) is 5.82 Å². The third-order valence-corrected chi connectivity index (χ3v) is 4.24. The molecule has 20 heavy (non-hydrogen) atoms. The molecule has 0 amide bonds. The Morgan fingerprint density at radius 3 is 2.60 bits per heavy atom. The van der Waals surface area contributed by atoms with Gasteiger partial charge in [-0.05, 0) is 61.8 Å². The lowest BCUT2D eigenvalue weighted by Crippen LogP contribution is -2.30. The molecule has 0 saturated heterocycles. The van der Waals surface area contributed by atoms with Crippen molar-refractivity contribution in [1.82, 2.24) is 5.32 Å². The molecule has 1 aliphatic carbocycles. The summed E-state index contributed by atoms with van der Waals surface area (Å²) in [6, 6.07) is 7.66. The topological polar surface area (TPSA) is 21.3 Å². The maximum absolute atomic E-state index is 13.0. The minimum atomic E-state index is -0.158. The number of ether oxygens (including phenoxy) is 1. The zero-order chi connectivity index (χ0) is 14.4. The third-order valence-electron chi connectivity index (χ3n) is 4.24. The molecule has 0 bridgehead atoms. The molecule has 0 aromatic heterocycles. The van der Waals surface area contributed by atoms with E-state index in [9.17, 15) is 4.39 Å². The Kier molecular flexibility index (Phi) is 5.99. The van der Waals surface area contributed by atoms with Crippen LogP contribution in [0.2, 0.25) is 0 Å². The van der Waals surface area contributed by atoms with Gasteiger partial charge < -0.3 is 10.1 Å².